The first-order valence-corrected chi connectivity index (χ1v) is 9.24. The lowest BCUT2D eigenvalue weighted by Crippen LogP contribution is -2.43. The van der Waals surface area contributed by atoms with Crippen LogP contribution in [0.3, 0.4) is 0 Å². The van der Waals surface area contributed by atoms with Crippen molar-refractivity contribution in [1.29, 1.82) is 0 Å². The molecule has 1 aromatic rings. The van der Waals surface area contributed by atoms with Crippen LogP contribution in [0.4, 0.5) is 13.2 Å². The summed E-state index contributed by atoms with van der Waals surface area (Å²) in [5.41, 5.74) is 1.68. The second kappa shape index (κ2) is 7.63. The van der Waals surface area contributed by atoms with Crippen molar-refractivity contribution in [3.05, 3.63) is 53.1 Å². The number of alkyl halides is 3. The van der Waals surface area contributed by atoms with Gasteiger partial charge in [0.2, 0.25) is 0 Å². The Bertz CT molecular complexity index is 858. The number of nitrogens with one attached hydrogen (secondary N) is 1. The van der Waals surface area contributed by atoms with Crippen LogP contribution in [0.15, 0.2) is 41.4 Å². The van der Waals surface area contributed by atoms with E-state index >= 15 is 0 Å². The van der Waals surface area contributed by atoms with Crippen molar-refractivity contribution in [1.82, 2.24) is 9.03 Å². The highest BCUT2D eigenvalue weighted by Gasteiger charge is 2.31. The summed E-state index contributed by atoms with van der Waals surface area (Å²) in [6.45, 7) is 5.10. The number of hydrogen-bond donors (Lipinski definition) is 1. The minimum Gasteiger partial charge on any atom is -0.278 e. The maximum Gasteiger partial charge on any atom is 0.412 e. The van der Waals surface area contributed by atoms with E-state index in [0.717, 1.165) is 30.5 Å². The van der Waals surface area contributed by atoms with Gasteiger partial charge in [-0.25, -0.2) is 0 Å². The molecule has 0 saturated heterocycles. The molecule has 0 radical (unpaired) electrons. The molecule has 0 bridgehead atoms. The van der Waals surface area contributed by atoms with Gasteiger partial charge >= 0.3 is 16.4 Å². The fraction of sp³-hybridized carbons (Fsp3) is 0.353. The number of nitrogens with zero attached hydrogens (tertiary/aromatic N) is 2. The zero-order chi connectivity index (χ0) is 19.5. The predicted molar refractivity (Wildman–Crippen MR) is 95.9 cm³/mol. The zero-order valence-corrected chi connectivity index (χ0v) is 15.3. The summed E-state index contributed by atoms with van der Waals surface area (Å²) in [5.74, 6) is 0. The van der Waals surface area contributed by atoms with Gasteiger partial charge in [0, 0.05) is 25.7 Å². The lowest BCUT2D eigenvalue weighted by Gasteiger charge is -2.29. The van der Waals surface area contributed by atoms with E-state index in [0.29, 0.717) is 12.0 Å². The minimum atomic E-state index is -4.41. The summed E-state index contributed by atoms with van der Waals surface area (Å²) < 4.78 is 66.2. The van der Waals surface area contributed by atoms with Gasteiger partial charge < -0.3 is 0 Å². The molecular weight excluding hydrogens is 367 g/mol. The van der Waals surface area contributed by atoms with Crippen LogP contribution in [0.25, 0.3) is 5.57 Å². The van der Waals surface area contributed by atoms with Gasteiger partial charge in [-0.1, -0.05) is 24.8 Å². The number of aliphatic imine (C=N–C) groups is 1. The Labute approximate surface area is 151 Å². The predicted octanol–water partition coefficient (Wildman–Crippen LogP) is 3.06. The van der Waals surface area contributed by atoms with Crippen LogP contribution in [0.5, 0.6) is 0 Å². The first-order chi connectivity index (χ1) is 12.1. The summed E-state index contributed by atoms with van der Waals surface area (Å²) >= 11 is 0. The molecular formula is C17H20F3N3O2S. The number of benzene rings is 1. The van der Waals surface area contributed by atoms with E-state index < -0.39 is 22.0 Å². The lowest BCUT2D eigenvalue weighted by molar-refractivity contribution is -0.0912. The Kier molecular flexibility index (Phi) is 5.92. The van der Waals surface area contributed by atoms with E-state index in [2.05, 4.69) is 16.3 Å². The molecule has 1 N–H and O–H groups in total. The topological polar surface area (TPSA) is 61.8 Å². The normalized spacial score (nSPS) is 16.6. The minimum absolute atomic E-state index is 0.130. The number of hydrogen-bond acceptors (Lipinski definition) is 3. The molecule has 1 aromatic carbocycles. The Morgan fingerprint density at radius 1 is 1.38 bits per heavy atom. The monoisotopic (exact) mass is 387 g/mol. The van der Waals surface area contributed by atoms with Crippen molar-refractivity contribution >= 4 is 22.1 Å². The van der Waals surface area contributed by atoms with E-state index in [4.69, 9.17) is 0 Å². The van der Waals surface area contributed by atoms with Gasteiger partial charge in [0.05, 0.1) is 6.34 Å². The number of rotatable bonds is 5. The van der Waals surface area contributed by atoms with Gasteiger partial charge in [-0.3, -0.25) is 9.71 Å². The maximum atomic E-state index is 12.7. The number of fused-ring (bicyclic) bond motifs is 1. The Balaban J connectivity index is 2.30. The Hall–Kier alpha value is -2.13. The van der Waals surface area contributed by atoms with Crippen molar-refractivity contribution in [2.24, 2.45) is 4.99 Å². The van der Waals surface area contributed by atoms with Crippen LogP contribution in [-0.4, -0.2) is 38.8 Å². The van der Waals surface area contributed by atoms with Crippen LogP contribution < -0.4 is 4.72 Å². The fourth-order valence-electron chi connectivity index (χ4n) is 2.70. The molecule has 2 rings (SSSR count). The average Bonchev–Trinajstić information content (AvgIpc) is 2.58. The molecule has 0 saturated carbocycles. The maximum absolute atomic E-state index is 12.7. The summed E-state index contributed by atoms with van der Waals surface area (Å²) in [4.78, 5) is 3.59. The van der Waals surface area contributed by atoms with E-state index in [9.17, 15) is 21.6 Å². The van der Waals surface area contributed by atoms with Crippen molar-refractivity contribution < 1.29 is 21.6 Å². The molecule has 0 atom stereocenters. The lowest BCUT2D eigenvalue weighted by atomic mass is 9.91. The zero-order valence-electron chi connectivity index (χ0n) is 14.5. The van der Waals surface area contributed by atoms with Crippen LogP contribution in [0.2, 0.25) is 0 Å². The molecule has 1 aliphatic heterocycles. The molecule has 0 aromatic heterocycles. The third-order valence-corrected chi connectivity index (χ3v) is 5.48. The molecule has 0 fully saturated rings. The first-order valence-electron chi connectivity index (χ1n) is 7.80. The SMILES string of the molecule is C=C(C=C(C)C(F)(F)F)c1cccc2c1CCN(S(=O)(=O)NC=NC)C2. The van der Waals surface area contributed by atoms with E-state index in [-0.39, 0.29) is 18.7 Å². The third kappa shape index (κ3) is 4.53. The van der Waals surface area contributed by atoms with Gasteiger partial charge in [0.1, 0.15) is 0 Å². The molecule has 9 heteroatoms. The van der Waals surface area contributed by atoms with Gasteiger partial charge in [-0.2, -0.15) is 25.9 Å². The molecule has 0 unspecified atom stereocenters. The molecule has 0 spiro atoms. The highest BCUT2D eigenvalue weighted by atomic mass is 32.2. The van der Waals surface area contributed by atoms with Crippen molar-refractivity contribution in [3.63, 3.8) is 0 Å². The summed E-state index contributed by atoms with van der Waals surface area (Å²) in [6.07, 6.45) is -1.92. The van der Waals surface area contributed by atoms with E-state index in [1.807, 2.05) is 0 Å². The molecule has 1 heterocycles. The van der Waals surface area contributed by atoms with E-state index in [1.54, 1.807) is 18.2 Å². The van der Waals surface area contributed by atoms with Gasteiger partial charge in [0.15, 0.2) is 0 Å². The largest absolute Gasteiger partial charge is 0.412 e. The second-order valence-electron chi connectivity index (χ2n) is 5.89. The standard InChI is InChI=1S/C17H20F3N3O2S/c1-12(9-13(2)17(18,19)20)15-6-4-5-14-10-23(8-7-16(14)15)26(24,25)22-11-21-3/h4-6,9,11H,1,7-8,10H2,2-3H3,(H,21,22). The molecule has 5 nitrogen and oxygen atoms in total. The smallest absolute Gasteiger partial charge is 0.278 e. The van der Waals surface area contributed by atoms with Gasteiger partial charge in [0.25, 0.3) is 0 Å². The van der Waals surface area contributed by atoms with Gasteiger partial charge in [-0.15, -0.1) is 0 Å². The number of allylic oxidation sites excluding steroid dienone is 3. The van der Waals surface area contributed by atoms with Crippen molar-refractivity contribution in [2.45, 2.75) is 26.1 Å². The molecule has 26 heavy (non-hydrogen) atoms. The summed E-state index contributed by atoms with van der Waals surface area (Å²) in [5, 5.41) is 0. The van der Waals surface area contributed by atoms with Crippen LogP contribution >= 0.6 is 0 Å². The molecule has 1 aliphatic rings. The highest BCUT2D eigenvalue weighted by Crippen LogP contribution is 2.31. The van der Waals surface area contributed by atoms with Crippen molar-refractivity contribution in [2.75, 3.05) is 13.6 Å². The van der Waals surface area contributed by atoms with Crippen LogP contribution in [-0.2, 0) is 23.2 Å². The summed E-state index contributed by atoms with van der Waals surface area (Å²) in [7, 11) is -2.26. The Morgan fingerprint density at radius 3 is 2.69 bits per heavy atom. The van der Waals surface area contributed by atoms with Crippen LogP contribution in [0, 0.1) is 0 Å². The Morgan fingerprint density at radius 2 is 2.08 bits per heavy atom. The quantitative estimate of drug-likeness (QED) is 0.480. The second-order valence-corrected chi connectivity index (χ2v) is 7.59. The molecule has 142 valence electrons. The fourth-order valence-corrected chi connectivity index (χ4v) is 3.73. The van der Waals surface area contributed by atoms with Crippen molar-refractivity contribution in [3.8, 4) is 0 Å². The third-order valence-electron chi connectivity index (χ3n) is 4.09. The van der Waals surface area contributed by atoms with Gasteiger partial charge in [-0.05, 0) is 41.7 Å². The summed E-state index contributed by atoms with van der Waals surface area (Å²) in [6, 6.07) is 5.16. The number of halogens is 3. The molecule has 0 amide bonds. The van der Waals surface area contributed by atoms with Crippen LogP contribution in [0.1, 0.15) is 23.6 Å². The van der Waals surface area contributed by atoms with E-state index in [1.165, 1.54) is 11.4 Å². The highest BCUT2D eigenvalue weighted by molar-refractivity contribution is 7.87. The average molecular weight is 387 g/mol. The molecule has 0 aliphatic carbocycles. The first kappa shape index (κ1) is 20.2.